The minimum Gasteiger partial charge on any atom is -0.449 e. The third-order valence-corrected chi connectivity index (χ3v) is 7.70. The molecule has 1 unspecified atom stereocenters. The van der Waals surface area contributed by atoms with Gasteiger partial charge in [0.1, 0.15) is 0 Å². The van der Waals surface area contributed by atoms with Crippen LogP contribution in [0.1, 0.15) is 27.6 Å². The Bertz CT molecular complexity index is 1120. The molecule has 0 saturated heterocycles. The van der Waals surface area contributed by atoms with E-state index in [1.54, 1.807) is 0 Å². The number of halogens is 1. The van der Waals surface area contributed by atoms with Gasteiger partial charge in [-0.2, -0.15) is 0 Å². The van der Waals surface area contributed by atoms with Crippen LogP contribution in [0.2, 0.25) is 0 Å². The first kappa shape index (κ1) is 20.5. The van der Waals surface area contributed by atoms with Gasteiger partial charge in [0.2, 0.25) is 0 Å². The average molecular weight is 475 g/mol. The molecule has 1 aliphatic rings. The van der Waals surface area contributed by atoms with Crippen molar-refractivity contribution in [3.8, 4) is 0 Å². The standard InChI is InChI=1S/C26H19O2P.BrH/c27-26-22-16-8-7-15-21(22)25(28-26)23-17-9-10-18-24(23)29(19-11-3-1-4-12-19)20-13-5-2-6-14-20;/h1-18,25H;1H. The first-order valence-corrected chi connectivity index (χ1v) is 11.0. The van der Waals surface area contributed by atoms with Crippen LogP contribution in [0, 0.1) is 0 Å². The lowest BCUT2D eigenvalue weighted by Gasteiger charge is -2.24. The lowest BCUT2D eigenvalue weighted by molar-refractivity contribution is 0.0457. The predicted octanol–water partition coefficient (Wildman–Crippen LogP) is 5.28. The fraction of sp³-hybridized carbons (Fsp3) is 0.0385. The van der Waals surface area contributed by atoms with E-state index in [1.165, 1.54) is 15.9 Å². The topological polar surface area (TPSA) is 26.3 Å². The molecule has 4 aromatic carbocycles. The highest BCUT2D eigenvalue weighted by Crippen LogP contribution is 2.40. The Morgan fingerprint density at radius 1 is 0.600 bits per heavy atom. The van der Waals surface area contributed by atoms with Crippen LogP contribution in [0.15, 0.2) is 109 Å². The van der Waals surface area contributed by atoms with Crippen LogP contribution < -0.4 is 15.9 Å². The molecule has 2 nitrogen and oxygen atoms in total. The van der Waals surface area contributed by atoms with E-state index in [-0.39, 0.29) is 29.1 Å². The van der Waals surface area contributed by atoms with Gasteiger partial charge in [-0.1, -0.05) is 103 Å². The summed E-state index contributed by atoms with van der Waals surface area (Å²) in [5.74, 6) is -0.246. The predicted molar refractivity (Wildman–Crippen MR) is 129 cm³/mol. The maximum atomic E-state index is 12.5. The molecule has 30 heavy (non-hydrogen) atoms. The van der Waals surface area contributed by atoms with E-state index in [2.05, 4.69) is 66.7 Å². The van der Waals surface area contributed by atoms with Crippen LogP contribution >= 0.6 is 24.9 Å². The Labute approximate surface area is 188 Å². The van der Waals surface area contributed by atoms with Crippen LogP contribution in [0.4, 0.5) is 0 Å². The van der Waals surface area contributed by atoms with Crippen molar-refractivity contribution in [2.45, 2.75) is 6.10 Å². The van der Waals surface area contributed by atoms with Gasteiger partial charge in [0.05, 0.1) is 5.56 Å². The summed E-state index contributed by atoms with van der Waals surface area (Å²) < 4.78 is 5.85. The molecule has 148 valence electrons. The van der Waals surface area contributed by atoms with E-state index in [9.17, 15) is 4.79 Å². The average Bonchev–Trinajstić information content (AvgIpc) is 3.13. The van der Waals surface area contributed by atoms with Gasteiger partial charge in [0.25, 0.3) is 0 Å². The summed E-state index contributed by atoms with van der Waals surface area (Å²) in [5, 5.41) is 3.77. The van der Waals surface area contributed by atoms with Crippen LogP contribution in [0.3, 0.4) is 0 Å². The van der Waals surface area contributed by atoms with Gasteiger partial charge in [-0.15, -0.1) is 17.0 Å². The maximum Gasteiger partial charge on any atom is 0.339 e. The van der Waals surface area contributed by atoms with Crippen molar-refractivity contribution >= 4 is 46.8 Å². The largest absolute Gasteiger partial charge is 0.449 e. The number of cyclic esters (lactones) is 1. The molecule has 0 saturated carbocycles. The molecular formula is C26H20BrO2P. The SMILES string of the molecule is Br.O=C1OC(c2ccccc2P(c2ccccc2)c2ccccc2)c2ccccc21. The highest BCUT2D eigenvalue weighted by Gasteiger charge is 2.34. The fourth-order valence-electron chi connectivity index (χ4n) is 3.87. The quantitative estimate of drug-likeness (QED) is 0.297. The molecule has 1 heterocycles. The number of esters is 1. The number of hydrogen-bond donors (Lipinski definition) is 0. The Kier molecular flexibility index (Phi) is 6.13. The second-order valence-corrected chi connectivity index (χ2v) is 9.12. The Hall–Kier alpha value is -2.74. The smallest absolute Gasteiger partial charge is 0.339 e. The summed E-state index contributed by atoms with van der Waals surface area (Å²) in [6.07, 6.45) is -0.368. The summed E-state index contributed by atoms with van der Waals surface area (Å²) in [4.78, 5) is 12.5. The molecule has 5 rings (SSSR count). The van der Waals surface area contributed by atoms with E-state index in [0.717, 1.165) is 11.1 Å². The van der Waals surface area contributed by atoms with Gasteiger partial charge in [0.15, 0.2) is 6.10 Å². The van der Waals surface area contributed by atoms with E-state index in [4.69, 9.17) is 4.74 Å². The van der Waals surface area contributed by atoms with Gasteiger partial charge < -0.3 is 4.74 Å². The second-order valence-electron chi connectivity index (χ2n) is 6.94. The zero-order valence-electron chi connectivity index (χ0n) is 16.1. The number of carbonyl (C=O) groups is 1. The highest BCUT2D eigenvalue weighted by molar-refractivity contribution is 8.93. The van der Waals surface area contributed by atoms with Crippen molar-refractivity contribution < 1.29 is 9.53 Å². The molecule has 1 atom stereocenters. The first-order valence-electron chi connectivity index (χ1n) is 9.62. The van der Waals surface area contributed by atoms with Crippen LogP contribution in [0.25, 0.3) is 0 Å². The van der Waals surface area contributed by atoms with Crippen molar-refractivity contribution in [1.82, 2.24) is 0 Å². The summed E-state index contributed by atoms with van der Waals surface area (Å²) >= 11 is 0. The number of ether oxygens (including phenoxy) is 1. The van der Waals surface area contributed by atoms with Crippen molar-refractivity contribution in [2.75, 3.05) is 0 Å². The molecule has 0 radical (unpaired) electrons. The summed E-state index contributed by atoms with van der Waals surface area (Å²) in [6, 6.07) is 37.2. The number of hydrogen-bond acceptors (Lipinski definition) is 2. The molecule has 0 N–H and O–H groups in total. The molecule has 0 fully saturated rings. The normalized spacial score (nSPS) is 14.7. The van der Waals surface area contributed by atoms with Crippen molar-refractivity contribution in [3.63, 3.8) is 0 Å². The maximum absolute atomic E-state index is 12.5. The highest BCUT2D eigenvalue weighted by atomic mass is 79.9. The van der Waals surface area contributed by atoms with Crippen molar-refractivity contribution in [2.24, 2.45) is 0 Å². The Balaban J connectivity index is 0.00000218. The molecule has 0 aromatic heterocycles. The molecule has 4 heteroatoms. The third-order valence-electron chi connectivity index (χ3n) is 5.18. The second kappa shape index (κ2) is 8.95. The van der Waals surface area contributed by atoms with Gasteiger partial charge in [-0.25, -0.2) is 4.79 Å². The molecular weight excluding hydrogens is 455 g/mol. The zero-order chi connectivity index (χ0) is 19.6. The van der Waals surface area contributed by atoms with Crippen LogP contribution in [-0.4, -0.2) is 5.97 Å². The molecule has 0 aliphatic carbocycles. The van der Waals surface area contributed by atoms with Crippen LogP contribution in [-0.2, 0) is 4.74 Å². The van der Waals surface area contributed by atoms with E-state index < -0.39 is 7.92 Å². The summed E-state index contributed by atoms with van der Waals surface area (Å²) in [7, 11) is -0.778. The molecule has 1 aliphatic heterocycles. The molecule has 0 spiro atoms. The monoisotopic (exact) mass is 474 g/mol. The number of carbonyl (C=O) groups excluding carboxylic acids is 1. The minimum absolute atomic E-state index is 0. The van der Waals surface area contributed by atoms with Crippen molar-refractivity contribution in [1.29, 1.82) is 0 Å². The summed E-state index contributed by atoms with van der Waals surface area (Å²) in [6.45, 7) is 0. The van der Waals surface area contributed by atoms with E-state index in [1.807, 2.05) is 42.5 Å². The van der Waals surface area contributed by atoms with Gasteiger partial charge >= 0.3 is 5.97 Å². The first-order chi connectivity index (χ1) is 14.3. The van der Waals surface area contributed by atoms with Crippen LogP contribution in [0.5, 0.6) is 0 Å². The molecule has 0 bridgehead atoms. The fourth-order valence-corrected chi connectivity index (χ4v) is 6.35. The lowest BCUT2D eigenvalue weighted by atomic mass is 9.99. The van der Waals surface area contributed by atoms with Gasteiger partial charge in [0, 0.05) is 11.1 Å². The molecule has 0 amide bonds. The Morgan fingerprint density at radius 3 is 1.73 bits per heavy atom. The number of benzene rings is 4. The van der Waals surface area contributed by atoms with E-state index in [0.29, 0.717) is 5.56 Å². The van der Waals surface area contributed by atoms with Gasteiger partial charge in [-0.3, -0.25) is 0 Å². The minimum atomic E-state index is -0.778. The number of rotatable bonds is 4. The van der Waals surface area contributed by atoms with Crippen molar-refractivity contribution in [3.05, 3.63) is 126 Å². The summed E-state index contributed by atoms with van der Waals surface area (Å²) in [5.41, 5.74) is 2.67. The van der Waals surface area contributed by atoms with E-state index >= 15 is 0 Å². The lowest BCUT2D eigenvalue weighted by Crippen LogP contribution is -2.24. The van der Waals surface area contributed by atoms with Gasteiger partial charge in [-0.05, 0) is 29.9 Å². The Morgan fingerprint density at radius 2 is 1.10 bits per heavy atom. The molecule has 4 aromatic rings. The number of fused-ring (bicyclic) bond motifs is 1. The zero-order valence-corrected chi connectivity index (χ0v) is 18.7. The third kappa shape index (κ3) is 3.71.